The Bertz CT molecular complexity index is 205. The van der Waals surface area contributed by atoms with Gasteiger partial charge in [-0.3, -0.25) is 9.98 Å². The van der Waals surface area contributed by atoms with Crippen molar-refractivity contribution in [2.75, 3.05) is 13.3 Å². The third-order valence-corrected chi connectivity index (χ3v) is 2.19. The highest BCUT2D eigenvalue weighted by Crippen LogP contribution is 2.12. The summed E-state index contributed by atoms with van der Waals surface area (Å²) in [4.78, 5) is 8.03. The molecule has 3 heteroatoms. The van der Waals surface area contributed by atoms with Gasteiger partial charge < -0.3 is 0 Å². The van der Waals surface area contributed by atoms with Crippen molar-refractivity contribution in [1.82, 2.24) is 0 Å². The predicted octanol–water partition coefficient (Wildman–Crippen LogP) is 2.62. The van der Waals surface area contributed by atoms with Crippen molar-refractivity contribution in [3.8, 4) is 0 Å². The van der Waals surface area contributed by atoms with Crippen LogP contribution in [0, 0.1) is 5.92 Å². The monoisotopic (exact) mass is 184 g/mol. The van der Waals surface area contributed by atoms with E-state index in [2.05, 4.69) is 30.5 Å². The van der Waals surface area contributed by atoms with Gasteiger partial charge >= 0.3 is 0 Å². The zero-order chi connectivity index (χ0) is 9.56. The van der Waals surface area contributed by atoms with Crippen LogP contribution in [0.25, 0.3) is 0 Å². The van der Waals surface area contributed by atoms with Gasteiger partial charge in [0.1, 0.15) is 0 Å². The predicted molar refractivity (Wildman–Crippen MR) is 59.3 cm³/mol. The minimum atomic E-state index is 0.409. The summed E-state index contributed by atoms with van der Waals surface area (Å²) in [5.41, 5.74) is 0.991. The highest BCUT2D eigenvalue weighted by atomic mass is 32.2. The molecule has 0 rings (SSSR count). The Hall–Kier alpha value is -0.570. The van der Waals surface area contributed by atoms with Crippen LogP contribution in [0.5, 0.6) is 0 Å². The van der Waals surface area contributed by atoms with Crippen LogP contribution in [0.15, 0.2) is 21.8 Å². The van der Waals surface area contributed by atoms with Crippen LogP contribution in [0.1, 0.15) is 13.8 Å². The molecule has 0 spiro atoms. The molecule has 0 aliphatic rings. The number of allylic oxidation sites excluding steroid dienone is 1. The number of rotatable bonds is 3. The summed E-state index contributed by atoms with van der Waals surface area (Å²) >= 11 is 1.62. The molecule has 0 saturated heterocycles. The summed E-state index contributed by atoms with van der Waals surface area (Å²) in [7, 11) is 1.78. The van der Waals surface area contributed by atoms with Gasteiger partial charge in [-0.05, 0) is 25.0 Å². The number of nitrogens with zero attached hydrogens (tertiary/aromatic N) is 2. The zero-order valence-corrected chi connectivity index (χ0v) is 8.98. The second-order valence-corrected chi connectivity index (χ2v) is 3.47. The lowest BCUT2D eigenvalue weighted by Crippen LogP contribution is -1.94. The smallest absolute Gasteiger partial charge is 0.0916 e. The highest BCUT2D eigenvalue weighted by molar-refractivity contribution is 8.13. The van der Waals surface area contributed by atoms with E-state index in [0.29, 0.717) is 5.92 Å². The fourth-order valence-electron chi connectivity index (χ4n) is 0.736. The molecule has 0 N–H and O–H groups in total. The van der Waals surface area contributed by atoms with Gasteiger partial charge in [-0.1, -0.05) is 13.8 Å². The van der Waals surface area contributed by atoms with Crippen LogP contribution in [0.2, 0.25) is 0 Å². The van der Waals surface area contributed by atoms with Gasteiger partial charge in [0.2, 0.25) is 0 Å². The molecule has 0 saturated carbocycles. The third kappa shape index (κ3) is 3.72. The molecule has 0 unspecified atom stereocenters. The Morgan fingerprint density at radius 1 is 1.50 bits per heavy atom. The topological polar surface area (TPSA) is 24.7 Å². The molecular formula is C9H16N2S. The minimum Gasteiger partial charge on any atom is -0.282 e. The summed E-state index contributed by atoms with van der Waals surface area (Å²) in [6, 6.07) is 0. The standard InChI is InChI=1S/C9H16N2S/c1-7(2)8(10-3)6-9(11-4)12-5/h6-7H,3H2,1-2,4-5H3/b8-6-,11-9?. The molecule has 0 bridgehead atoms. The van der Waals surface area contributed by atoms with Gasteiger partial charge in [0.15, 0.2) is 0 Å². The first-order valence-electron chi connectivity index (χ1n) is 3.84. The number of hydrogen-bond donors (Lipinski definition) is 0. The molecule has 0 radical (unpaired) electrons. The molecule has 2 nitrogen and oxygen atoms in total. The zero-order valence-electron chi connectivity index (χ0n) is 8.16. The molecular weight excluding hydrogens is 168 g/mol. The van der Waals surface area contributed by atoms with E-state index in [1.165, 1.54) is 0 Å². The lowest BCUT2D eigenvalue weighted by Gasteiger charge is -2.04. The van der Waals surface area contributed by atoms with Crippen LogP contribution < -0.4 is 0 Å². The first kappa shape index (κ1) is 11.4. The Kier molecular flexibility index (Phi) is 5.72. The molecule has 0 atom stereocenters. The fraction of sp³-hybridized carbons (Fsp3) is 0.556. The molecule has 0 aliphatic heterocycles. The van der Waals surface area contributed by atoms with Gasteiger partial charge in [0.25, 0.3) is 0 Å². The summed E-state index contributed by atoms with van der Waals surface area (Å²) < 4.78 is 0. The summed E-state index contributed by atoms with van der Waals surface area (Å²) in [5.74, 6) is 0.409. The first-order valence-corrected chi connectivity index (χ1v) is 5.07. The summed E-state index contributed by atoms with van der Waals surface area (Å²) in [6.45, 7) is 7.70. The highest BCUT2D eigenvalue weighted by Gasteiger charge is 2.01. The molecule has 0 aromatic rings. The van der Waals surface area contributed by atoms with E-state index < -0.39 is 0 Å². The Morgan fingerprint density at radius 3 is 2.33 bits per heavy atom. The van der Waals surface area contributed by atoms with Crippen molar-refractivity contribution >= 4 is 23.5 Å². The molecule has 68 valence electrons. The van der Waals surface area contributed by atoms with Crippen LogP contribution in [0.4, 0.5) is 0 Å². The Balaban J connectivity index is 4.58. The molecule has 0 heterocycles. The maximum atomic E-state index is 4.09. The molecule has 0 amide bonds. The quantitative estimate of drug-likeness (QED) is 0.489. The van der Waals surface area contributed by atoms with Gasteiger partial charge in [-0.15, -0.1) is 11.8 Å². The van der Waals surface area contributed by atoms with Crippen molar-refractivity contribution in [2.45, 2.75) is 13.8 Å². The van der Waals surface area contributed by atoms with Crippen molar-refractivity contribution in [3.63, 3.8) is 0 Å². The van der Waals surface area contributed by atoms with Crippen LogP contribution >= 0.6 is 11.8 Å². The number of hydrogen-bond acceptors (Lipinski definition) is 3. The van der Waals surface area contributed by atoms with Gasteiger partial charge in [0, 0.05) is 12.7 Å². The van der Waals surface area contributed by atoms with Crippen LogP contribution in [0.3, 0.4) is 0 Å². The van der Waals surface area contributed by atoms with E-state index >= 15 is 0 Å². The minimum absolute atomic E-state index is 0.409. The van der Waals surface area contributed by atoms with E-state index in [1.54, 1.807) is 18.8 Å². The Morgan fingerprint density at radius 2 is 2.08 bits per heavy atom. The van der Waals surface area contributed by atoms with Crippen molar-refractivity contribution in [3.05, 3.63) is 11.8 Å². The van der Waals surface area contributed by atoms with Crippen molar-refractivity contribution in [2.24, 2.45) is 15.9 Å². The van der Waals surface area contributed by atoms with E-state index in [-0.39, 0.29) is 0 Å². The maximum absolute atomic E-state index is 4.09. The molecule has 0 aromatic carbocycles. The van der Waals surface area contributed by atoms with E-state index in [1.807, 2.05) is 12.3 Å². The molecule has 0 aliphatic carbocycles. The third-order valence-electron chi connectivity index (χ3n) is 1.47. The summed E-state index contributed by atoms with van der Waals surface area (Å²) in [5, 5.41) is 0.992. The van der Waals surface area contributed by atoms with E-state index in [9.17, 15) is 0 Å². The molecule has 12 heavy (non-hydrogen) atoms. The van der Waals surface area contributed by atoms with Gasteiger partial charge in [-0.25, -0.2) is 0 Å². The Labute approximate surface area is 78.9 Å². The average Bonchev–Trinajstić information content (AvgIpc) is 2.06. The summed E-state index contributed by atoms with van der Waals surface area (Å²) in [6.07, 6.45) is 3.97. The largest absolute Gasteiger partial charge is 0.282 e. The normalized spacial score (nSPS) is 13.8. The maximum Gasteiger partial charge on any atom is 0.0916 e. The van der Waals surface area contributed by atoms with Crippen molar-refractivity contribution < 1.29 is 0 Å². The van der Waals surface area contributed by atoms with Gasteiger partial charge in [-0.2, -0.15) is 0 Å². The average molecular weight is 184 g/mol. The fourth-order valence-corrected chi connectivity index (χ4v) is 1.16. The lowest BCUT2D eigenvalue weighted by molar-refractivity contribution is 0.761. The van der Waals surface area contributed by atoms with E-state index in [0.717, 1.165) is 10.7 Å². The lowest BCUT2D eigenvalue weighted by atomic mass is 10.1. The molecule has 0 fully saturated rings. The van der Waals surface area contributed by atoms with Crippen LogP contribution in [-0.2, 0) is 0 Å². The van der Waals surface area contributed by atoms with Crippen LogP contribution in [-0.4, -0.2) is 25.1 Å². The number of thioether (sulfide) groups is 1. The second-order valence-electron chi connectivity index (χ2n) is 2.65. The number of aliphatic imine (C=N–C) groups is 2. The SMILES string of the molecule is C=N/C(=C\C(=NC)SC)C(C)C. The molecule has 0 aromatic heterocycles. The first-order chi connectivity index (χ1) is 5.65. The van der Waals surface area contributed by atoms with Crippen molar-refractivity contribution in [1.29, 1.82) is 0 Å². The second kappa shape index (κ2) is 6.00. The van der Waals surface area contributed by atoms with Gasteiger partial charge in [0.05, 0.1) is 5.04 Å². The van der Waals surface area contributed by atoms with E-state index in [4.69, 9.17) is 0 Å².